The Bertz CT molecular complexity index is 691. The molecule has 0 amide bonds. The molecule has 1 N–H and O–H groups in total. The Morgan fingerprint density at radius 2 is 1.88 bits per heavy atom. The predicted molar refractivity (Wildman–Crippen MR) is 99.9 cm³/mol. The van der Waals surface area contributed by atoms with E-state index in [2.05, 4.69) is 45.5 Å². The first-order chi connectivity index (χ1) is 12.9. The monoisotopic (exact) mass is 354 g/mol. The molecule has 26 heavy (non-hydrogen) atoms. The van der Waals surface area contributed by atoms with Crippen LogP contribution in [0.25, 0.3) is 0 Å². The van der Waals surface area contributed by atoms with Gasteiger partial charge in [-0.15, -0.1) is 0 Å². The van der Waals surface area contributed by atoms with Gasteiger partial charge in [0.1, 0.15) is 11.6 Å². The predicted octanol–water partition coefficient (Wildman–Crippen LogP) is 2.64. The standard InChI is InChI=1S/C20H26N4O2/c1-2-4-16(5-3-1)14-24-10-13-26-15-18(24)20-21-9-6-19(23-20)22-17-7-11-25-12-8-17/h1-6,9,17-18H,7-8,10-15H2,(H,21,22,23). The topological polar surface area (TPSA) is 59.5 Å². The number of ether oxygens (including phenoxy) is 2. The molecule has 1 aromatic carbocycles. The van der Waals surface area contributed by atoms with E-state index in [0.717, 1.165) is 57.4 Å². The molecule has 1 unspecified atom stereocenters. The number of hydrogen-bond acceptors (Lipinski definition) is 6. The zero-order valence-corrected chi connectivity index (χ0v) is 15.0. The van der Waals surface area contributed by atoms with E-state index in [4.69, 9.17) is 14.5 Å². The van der Waals surface area contributed by atoms with E-state index in [1.807, 2.05) is 12.3 Å². The molecule has 3 heterocycles. The molecule has 4 rings (SSSR count). The quantitative estimate of drug-likeness (QED) is 0.891. The van der Waals surface area contributed by atoms with Crippen molar-refractivity contribution in [3.8, 4) is 0 Å². The van der Waals surface area contributed by atoms with Crippen molar-refractivity contribution in [2.45, 2.75) is 31.5 Å². The number of nitrogens with one attached hydrogen (secondary N) is 1. The van der Waals surface area contributed by atoms with Crippen LogP contribution >= 0.6 is 0 Å². The zero-order valence-electron chi connectivity index (χ0n) is 15.0. The molecule has 138 valence electrons. The van der Waals surface area contributed by atoms with Crippen LogP contribution in [-0.4, -0.2) is 53.9 Å². The van der Waals surface area contributed by atoms with E-state index >= 15 is 0 Å². The molecule has 0 spiro atoms. The molecule has 0 bridgehead atoms. The largest absolute Gasteiger partial charge is 0.381 e. The molecular formula is C20H26N4O2. The fourth-order valence-electron chi connectivity index (χ4n) is 3.55. The molecule has 0 radical (unpaired) electrons. The SMILES string of the molecule is c1ccc(CN2CCOCC2c2nccc(NC3CCOCC3)n2)cc1. The molecule has 2 aliphatic rings. The highest BCUT2D eigenvalue weighted by atomic mass is 16.5. The average molecular weight is 354 g/mol. The summed E-state index contributed by atoms with van der Waals surface area (Å²) < 4.78 is 11.2. The Hall–Kier alpha value is -2.02. The maximum Gasteiger partial charge on any atom is 0.150 e. The van der Waals surface area contributed by atoms with Crippen LogP contribution in [0.1, 0.15) is 30.3 Å². The van der Waals surface area contributed by atoms with E-state index in [0.29, 0.717) is 12.6 Å². The first kappa shape index (κ1) is 17.4. The van der Waals surface area contributed by atoms with Crippen molar-refractivity contribution in [3.63, 3.8) is 0 Å². The Morgan fingerprint density at radius 1 is 1.04 bits per heavy atom. The summed E-state index contributed by atoms with van der Waals surface area (Å²) >= 11 is 0. The zero-order chi connectivity index (χ0) is 17.6. The lowest BCUT2D eigenvalue weighted by atomic mass is 10.1. The molecule has 0 saturated carbocycles. The van der Waals surface area contributed by atoms with Gasteiger partial charge in [0.15, 0.2) is 0 Å². The summed E-state index contributed by atoms with van der Waals surface area (Å²) in [6.07, 6.45) is 3.89. The summed E-state index contributed by atoms with van der Waals surface area (Å²) in [4.78, 5) is 11.8. The highest BCUT2D eigenvalue weighted by molar-refractivity contribution is 5.35. The third-order valence-corrected chi connectivity index (χ3v) is 5.01. The fraction of sp³-hybridized carbons (Fsp3) is 0.500. The van der Waals surface area contributed by atoms with Crippen LogP contribution in [0.5, 0.6) is 0 Å². The fourth-order valence-corrected chi connectivity index (χ4v) is 3.55. The minimum Gasteiger partial charge on any atom is -0.381 e. The third kappa shape index (κ3) is 4.38. The van der Waals surface area contributed by atoms with Gasteiger partial charge in [-0.3, -0.25) is 4.90 Å². The van der Waals surface area contributed by atoms with Gasteiger partial charge in [0, 0.05) is 38.5 Å². The number of benzene rings is 1. The Kier molecular flexibility index (Phi) is 5.74. The average Bonchev–Trinajstić information content (AvgIpc) is 2.70. The summed E-state index contributed by atoms with van der Waals surface area (Å²) in [6, 6.07) is 13.0. The molecule has 1 aromatic heterocycles. The van der Waals surface area contributed by atoms with Crippen LogP contribution in [-0.2, 0) is 16.0 Å². The molecule has 6 nitrogen and oxygen atoms in total. The van der Waals surface area contributed by atoms with Crippen LogP contribution in [0.3, 0.4) is 0 Å². The van der Waals surface area contributed by atoms with Crippen molar-refractivity contribution in [2.75, 3.05) is 38.3 Å². The van der Waals surface area contributed by atoms with Crippen LogP contribution < -0.4 is 5.32 Å². The van der Waals surface area contributed by atoms with Crippen molar-refractivity contribution >= 4 is 5.82 Å². The maximum atomic E-state index is 5.74. The summed E-state index contributed by atoms with van der Waals surface area (Å²) in [5, 5.41) is 3.53. The molecule has 2 aromatic rings. The van der Waals surface area contributed by atoms with E-state index < -0.39 is 0 Å². The van der Waals surface area contributed by atoms with E-state index in [-0.39, 0.29) is 6.04 Å². The second-order valence-corrected chi connectivity index (χ2v) is 6.88. The van der Waals surface area contributed by atoms with Gasteiger partial charge in [0.05, 0.1) is 19.3 Å². The molecule has 2 saturated heterocycles. The van der Waals surface area contributed by atoms with E-state index in [1.165, 1.54) is 5.56 Å². The number of hydrogen-bond donors (Lipinski definition) is 1. The Balaban J connectivity index is 1.47. The minimum absolute atomic E-state index is 0.0837. The van der Waals surface area contributed by atoms with Gasteiger partial charge in [-0.1, -0.05) is 30.3 Å². The van der Waals surface area contributed by atoms with Gasteiger partial charge < -0.3 is 14.8 Å². The van der Waals surface area contributed by atoms with Gasteiger partial charge in [-0.05, 0) is 24.5 Å². The van der Waals surface area contributed by atoms with E-state index in [9.17, 15) is 0 Å². The number of nitrogens with zero attached hydrogens (tertiary/aromatic N) is 3. The number of morpholine rings is 1. The molecular weight excluding hydrogens is 328 g/mol. The Labute approximate surface area is 154 Å². The van der Waals surface area contributed by atoms with Crippen molar-refractivity contribution in [1.29, 1.82) is 0 Å². The second kappa shape index (κ2) is 8.58. The van der Waals surface area contributed by atoms with Crippen LogP contribution in [0.2, 0.25) is 0 Å². The van der Waals surface area contributed by atoms with Gasteiger partial charge in [0.25, 0.3) is 0 Å². The van der Waals surface area contributed by atoms with Gasteiger partial charge in [-0.2, -0.15) is 0 Å². The second-order valence-electron chi connectivity index (χ2n) is 6.88. The van der Waals surface area contributed by atoms with Crippen molar-refractivity contribution in [3.05, 3.63) is 54.0 Å². The Morgan fingerprint density at radius 3 is 2.73 bits per heavy atom. The molecule has 6 heteroatoms. The van der Waals surface area contributed by atoms with Crippen LogP contribution in [0.15, 0.2) is 42.6 Å². The molecule has 0 aliphatic carbocycles. The smallest absolute Gasteiger partial charge is 0.150 e. The van der Waals surface area contributed by atoms with Crippen molar-refractivity contribution in [1.82, 2.24) is 14.9 Å². The summed E-state index contributed by atoms with van der Waals surface area (Å²) in [5.41, 5.74) is 1.30. The maximum absolute atomic E-state index is 5.74. The normalized spacial score (nSPS) is 22.2. The van der Waals surface area contributed by atoms with E-state index in [1.54, 1.807) is 0 Å². The lowest BCUT2D eigenvalue weighted by Crippen LogP contribution is -2.40. The summed E-state index contributed by atoms with van der Waals surface area (Å²) in [7, 11) is 0. The van der Waals surface area contributed by atoms with Crippen molar-refractivity contribution in [2.24, 2.45) is 0 Å². The number of rotatable bonds is 5. The third-order valence-electron chi connectivity index (χ3n) is 5.01. The lowest BCUT2D eigenvalue weighted by molar-refractivity contribution is -0.0159. The summed E-state index contributed by atoms with van der Waals surface area (Å²) in [6.45, 7) is 4.79. The minimum atomic E-state index is 0.0837. The molecule has 2 fully saturated rings. The van der Waals surface area contributed by atoms with Gasteiger partial charge >= 0.3 is 0 Å². The molecule has 1 atom stereocenters. The first-order valence-electron chi connectivity index (χ1n) is 9.41. The van der Waals surface area contributed by atoms with Gasteiger partial charge in [-0.25, -0.2) is 9.97 Å². The summed E-state index contributed by atoms with van der Waals surface area (Å²) in [5.74, 6) is 1.73. The van der Waals surface area contributed by atoms with Crippen LogP contribution in [0.4, 0.5) is 5.82 Å². The van der Waals surface area contributed by atoms with Crippen LogP contribution in [0, 0.1) is 0 Å². The molecule has 2 aliphatic heterocycles. The van der Waals surface area contributed by atoms with Gasteiger partial charge in [0.2, 0.25) is 0 Å². The lowest BCUT2D eigenvalue weighted by Gasteiger charge is -2.34. The first-order valence-corrected chi connectivity index (χ1v) is 9.41. The van der Waals surface area contributed by atoms with Crippen molar-refractivity contribution < 1.29 is 9.47 Å². The highest BCUT2D eigenvalue weighted by Crippen LogP contribution is 2.24. The number of anilines is 1. The number of aromatic nitrogens is 2. The highest BCUT2D eigenvalue weighted by Gasteiger charge is 2.27.